The zero-order valence-corrected chi connectivity index (χ0v) is 10.7. The molecule has 15 heavy (non-hydrogen) atoms. The summed E-state index contributed by atoms with van der Waals surface area (Å²) in [5, 5.41) is 1.10. The molecule has 0 aromatic heterocycles. The van der Waals surface area contributed by atoms with Gasteiger partial charge in [-0.05, 0) is 31.4 Å². The second-order valence-electron chi connectivity index (χ2n) is 3.15. The predicted octanol–water partition coefficient (Wildman–Crippen LogP) is 4.42. The van der Waals surface area contributed by atoms with Gasteiger partial charge in [0.15, 0.2) is 11.6 Å². The summed E-state index contributed by atoms with van der Waals surface area (Å²) in [5.41, 5.74) is 0. The summed E-state index contributed by atoms with van der Waals surface area (Å²) in [7, 11) is 0. The molecule has 1 nitrogen and oxygen atoms in total. The van der Waals surface area contributed by atoms with Crippen LogP contribution in [-0.2, 0) is 0 Å². The predicted molar refractivity (Wildman–Crippen MR) is 64.6 cm³/mol. The van der Waals surface area contributed by atoms with Crippen LogP contribution in [0.15, 0.2) is 18.2 Å². The lowest BCUT2D eigenvalue weighted by Gasteiger charge is -2.07. The van der Waals surface area contributed by atoms with Gasteiger partial charge in [0, 0.05) is 5.33 Å². The number of benzene rings is 1. The molecule has 0 aliphatic carbocycles. The van der Waals surface area contributed by atoms with E-state index in [2.05, 4.69) is 15.9 Å². The lowest BCUT2D eigenvalue weighted by Crippen LogP contribution is -1.99. The van der Waals surface area contributed by atoms with E-state index in [9.17, 15) is 4.39 Å². The second kappa shape index (κ2) is 7.07. The highest BCUT2D eigenvalue weighted by Gasteiger charge is 2.06. The second-order valence-corrected chi connectivity index (χ2v) is 4.35. The van der Waals surface area contributed by atoms with Gasteiger partial charge in [-0.3, -0.25) is 0 Å². The third-order valence-electron chi connectivity index (χ3n) is 1.95. The van der Waals surface area contributed by atoms with Gasteiger partial charge in [0.1, 0.15) is 0 Å². The molecule has 0 saturated carbocycles. The molecule has 0 bridgehead atoms. The first kappa shape index (κ1) is 12.8. The minimum Gasteiger partial charge on any atom is -0.490 e. The first-order chi connectivity index (χ1) is 7.25. The van der Waals surface area contributed by atoms with Gasteiger partial charge in [0.2, 0.25) is 0 Å². The SMILES string of the molecule is Fc1c(Cl)cccc1OCCCCCBr. The van der Waals surface area contributed by atoms with Crippen molar-refractivity contribution < 1.29 is 9.13 Å². The lowest BCUT2D eigenvalue weighted by atomic mass is 10.3. The Morgan fingerprint density at radius 2 is 2.07 bits per heavy atom. The van der Waals surface area contributed by atoms with E-state index in [1.807, 2.05) is 0 Å². The molecule has 1 rings (SSSR count). The average molecular weight is 296 g/mol. The largest absolute Gasteiger partial charge is 0.490 e. The van der Waals surface area contributed by atoms with Crippen LogP contribution in [0.5, 0.6) is 5.75 Å². The minimum atomic E-state index is -0.473. The number of unbranched alkanes of at least 4 members (excludes halogenated alkanes) is 2. The molecule has 1 aromatic rings. The third kappa shape index (κ3) is 4.39. The molecule has 0 N–H and O–H groups in total. The smallest absolute Gasteiger partial charge is 0.183 e. The van der Waals surface area contributed by atoms with Crippen LogP contribution in [-0.4, -0.2) is 11.9 Å². The van der Waals surface area contributed by atoms with E-state index in [0.29, 0.717) is 6.61 Å². The molecule has 84 valence electrons. The molecular weight excluding hydrogens is 282 g/mol. The van der Waals surface area contributed by atoms with E-state index < -0.39 is 5.82 Å². The Balaban J connectivity index is 2.34. The van der Waals surface area contributed by atoms with Gasteiger partial charge in [-0.25, -0.2) is 4.39 Å². The number of hydrogen-bond acceptors (Lipinski definition) is 1. The highest BCUT2D eigenvalue weighted by atomic mass is 79.9. The quantitative estimate of drug-likeness (QED) is 0.557. The van der Waals surface area contributed by atoms with Gasteiger partial charge in [-0.15, -0.1) is 0 Å². The van der Waals surface area contributed by atoms with E-state index in [4.69, 9.17) is 16.3 Å². The Kier molecular flexibility index (Phi) is 6.03. The minimum absolute atomic E-state index is 0.105. The molecule has 0 aliphatic heterocycles. The van der Waals surface area contributed by atoms with Gasteiger partial charge in [0.25, 0.3) is 0 Å². The summed E-state index contributed by atoms with van der Waals surface area (Å²) in [5.74, 6) is -0.235. The van der Waals surface area contributed by atoms with Gasteiger partial charge in [-0.2, -0.15) is 0 Å². The van der Waals surface area contributed by atoms with Crippen LogP contribution >= 0.6 is 27.5 Å². The molecule has 0 amide bonds. The lowest BCUT2D eigenvalue weighted by molar-refractivity contribution is 0.292. The Morgan fingerprint density at radius 1 is 1.27 bits per heavy atom. The highest BCUT2D eigenvalue weighted by Crippen LogP contribution is 2.24. The van der Waals surface area contributed by atoms with E-state index in [-0.39, 0.29) is 10.8 Å². The fourth-order valence-corrected chi connectivity index (χ4v) is 1.71. The van der Waals surface area contributed by atoms with Crippen molar-refractivity contribution in [3.63, 3.8) is 0 Å². The maximum atomic E-state index is 13.3. The molecule has 0 unspecified atom stereocenters. The zero-order valence-electron chi connectivity index (χ0n) is 8.31. The summed E-state index contributed by atoms with van der Waals surface area (Å²) in [6.45, 7) is 0.532. The van der Waals surface area contributed by atoms with E-state index >= 15 is 0 Å². The van der Waals surface area contributed by atoms with Crippen molar-refractivity contribution in [3.05, 3.63) is 29.0 Å². The third-order valence-corrected chi connectivity index (χ3v) is 2.80. The van der Waals surface area contributed by atoms with Crippen molar-refractivity contribution in [2.24, 2.45) is 0 Å². The van der Waals surface area contributed by atoms with Crippen molar-refractivity contribution in [1.29, 1.82) is 0 Å². The van der Waals surface area contributed by atoms with Crippen LogP contribution in [0.2, 0.25) is 5.02 Å². The fraction of sp³-hybridized carbons (Fsp3) is 0.455. The van der Waals surface area contributed by atoms with Crippen molar-refractivity contribution in [2.45, 2.75) is 19.3 Å². The number of halogens is 3. The molecule has 0 heterocycles. The summed E-state index contributed by atoms with van der Waals surface area (Å²) < 4.78 is 18.6. The molecular formula is C11H13BrClFO. The van der Waals surface area contributed by atoms with Gasteiger partial charge < -0.3 is 4.74 Å². The maximum absolute atomic E-state index is 13.3. The maximum Gasteiger partial charge on any atom is 0.183 e. The summed E-state index contributed by atoms with van der Waals surface area (Å²) in [4.78, 5) is 0. The number of rotatable bonds is 6. The number of alkyl halides is 1. The molecule has 4 heteroatoms. The van der Waals surface area contributed by atoms with Crippen LogP contribution < -0.4 is 4.74 Å². The highest BCUT2D eigenvalue weighted by molar-refractivity contribution is 9.09. The Bertz CT molecular complexity index is 307. The molecule has 0 aliphatic rings. The molecule has 0 spiro atoms. The summed E-state index contributed by atoms with van der Waals surface area (Å²) in [6, 6.07) is 4.78. The van der Waals surface area contributed by atoms with Gasteiger partial charge in [-0.1, -0.05) is 33.6 Å². The molecule has 0 saturated heterocycles. The van der Waals surface area contributed by atoms with Gasteiger partial charge in [0.05, 0.1) is 11.6 Å². The van der Waals surface area contributed by atoms with E-state index in [0.717, 1.165) is 24.6 Å². The first-order valence-electron chi connectivity index (χ1n) is 4.88. The Morgan fingerprint density at radius 3 is 2.80 bits per heavy atom. The fourth-order valence-electron chi connectivity index (χ4n) is 1.15. The zero-order chi connectivity index (χ0) is 11.1. The normalized spacial score (nSPS) is 10.3. The van der Waals surface area contributed by atoms with Crippen LogP contribution in [0.3, 0.4) is 0 Å². The standard InChI is InChI=1S/C11H13BrClFO/c12-7-2-1-3-8-15-10-6-4-5-9(13)11(10)14/h4-6H,1-3,7-8H2. The number of ether oxygens (including phenoxy) is 1. The van der Waals surface area contributed by atoms with Crippen LogP contribution in [0, 0.1) is 5.82 Å². The summed E-state index contributed by atoms with van der Waals surface area (Å²) >= 11 is 8.96. The number of hydrogen-bond donors (Lipinski definition) is 0. The van der Waals surface area contributed by atoms with Crippen molar-refractivity contribution in [3.8, 4) is 5.75 Å². The molecule has 0 radical (unpaired) electrons. The van der Waals surface area contributed by atoms with Crippen molar-refractivity contribution in [2.75, 3.05) is 11.9 Å². The summed E-state index contributed by atoms with van der Waals surface area (Å²) in [6.07, 6.45) is 3.12. The Labute approximate surface area is 103 Å². The van der Waals surface area contributed by atoms with Crippen molar-refractivity contribution in [1.82, 2.24) is 0 Å². The first-order valence-corrected chi connectivity index (χ1v) is 6.38. The van der Waals surface area contributed by atoms with Crippen LogP contribution in [0.25, 0.3) is 0 Å². The monoisotopic (exact) mass is 294 g/mol. The molecule has 0 atom stereocenters. The molecule has 0 fully saturated rings. The Hall–Kier alpha value is -0.280. The van der Waals surface area contributed by atoms with Crippen molar-refractivity contribution >= 4 is 27.5 Å². The van der Waals surface area contributed by atoms with Gasteiger partial charge >= 0.3 is 0 Å². The van der Waals surface area contributed by atoms with E-state index in [1.54, 1.807) is 12.1 Å². The van der Waals surface area contributed by atoms with E-state index in [1.165, 1.54) is 6.07 Å². The molecule has 1 aromatic carbocycles. The topological polar surface area (TPSA) is 9.23 Å². The van der Waals surface area contributed by atoms with Crippen LogP contribution in [0.4, 0.5) is 4.39 Å². The average Bonchev–Trinajstić information content (AvgIpc) is 2.24. The van der Waals surface area contributed by atoms with Crippen LogP contribution in [0.1, 0.15) is 19.3 Å².